The van der Waals surface area contributed by atoms with E-state index in [2.05, 4.69) is 0 Å². The molecule has 0 bridgehead atoms. The van der Waals surface area contributed by atoms with E-state index in [9.17, 15) is 14.0 Å². The summed E-state index contributed by atoms with van der Waals surface area (Å²) in [6, 6.07) is 1.85. The van der Waals surface area contributed by atoms with Gasteiger partial charge in [-0.2, -0.15) is 0 Å². The van der Waals surface area contributed by atoms with Crippen molar-refractivity contribution in [2.75, 3.05) is 0 Å². The SMILES string of the molecule is C[C](=O)[Hg][CH2]C1Cc2cc3c(C)c(F)c(=O)oc3c(C)c2O1. The fraction of sp³-hybridized carbons (Fsp3) is 0.375. The average molecular weight is 491 g/mol. The maximum atomic E-state index is 13.8. The van der Waals surface area contributed by atoms with Crippen LogP contribution in [-0.2, 0) is 35.8 Å². The van der Waals surface area contributed by atoms with Gasteiger partial charge >= 0.3 is 139 Å². The molecule has 4 nitrogen and oxygen atoms in total. The molecule has 0 fully saturated rings. The Morgan fingerprint density at radius 1 is 1.41 bits per heavy atom. The van der Waals surface area contributed by atoms with Gasteiger partial charge in [0.25, 0.3) is 0 Å². The molecule has 0 saturated carbocycles. The van der Waals surface area contributed by atoms with Gasteiger partial charge in [-0.05, 0) is 0 Å². The Hall–Kier alpha value is -1.23. The van der Waals surface area contributed by atoms with Crippen molar-refractivity contribution >= 4 is 14.3 Å². The summed E-state index contributed by atoms with van der Waals surface area (Å²) >= 11 is -1.52. The van der Waals surface area contributed by atoms with Crippen LogP contribution in [0.2, 0.25) is 3.93 Å². The molecule has 0 radical (unpaired) electrons. The van der Waals surface area contributed by atoms with E-state index in [4.69, 9.17) is 9.15 Å². The summed E-state index contributed by atoms with van der Waals surface area (Å²) in [6.45, 7) is 5.06. The van der Waals surface area contributed by atoms with Crippen LogP contribution in [0, 0.1) is 19.7 Å². The second-order valence-electron chi connectivity index (χ2n) is 5.88. The first-order valence-electron chi connectivity index (χ1n) is 7.30. The quantitative estimate of drug-likeness (QED) is 0.490. The van der Waals surface area contributed by atoms with Crippen molar-refractivity contribution in [3.8, 4) is 5.75 Å². The number of carbonyl (C=O) groups excluding carboxylic acids is 1. The van der Waals surface area contributed by atoms with Crippen LogP contribution in [0.3, 0.4) is 0 Å². The summed E-state index contributed by atoms with van der Waals surface area (Å²) in [7, 11) is 0. The van der Waals surface area contributed by atoms with Crippen molar-refractivity contribution in [2.45, 2.75) is 37.2 Å². The van der Waals surface area contributed by atoms with Gasteiger partial charge in [-0.3, -0.25) is 0 Å². The number of benzene rings is 1. The van der Waals surface area contributed by atoms with E-state index in [1.807, 2.05) is 13.0 Å². The van der Waals surface area contributed by atoms with Crippen molar-refractivity contribution in [1.82, 2.24) is 0 Å². The van der Waals surface area contributed by atoms with Crippen LogP contribution >= 0.6 is 0 Å². The first-order valence-corrected chi connectivity index (χ1v) is 13.9. The molecular formula is C16H15FHgO4. The number of hydrogen-bond acceptors (Lipinski definition) is 4. The monoisotopic (exact) mass is 492 g/mol. The molecule has 1 atom stereocenters. The molecule has 1 aromatic carbocycles. The van der Waals surface area contributed by atoms with Crippen LogP contribution < -0.4 is 10.4 Å². The summed E-state index contributed by atoms with van der Waals surface area (Å²) in [5.41, 5.74) is 1.48. The summed E-state index contributed by atoms with van der Waals surface area (Å²) in [6.07, 6.45) is 0.771. The van der Waals surface area contributed by atoms with E-state index < -0.39 is 36.0 Å². The maximum absolute atomic E-state index is 13.8. The van der Waals surface area contributed by atoms with Crippen LogP contribution in [0.1, 0.15) is 23.6 Å². The van der Waals surface area contributed by atoms with Crippen LogP contribution in [0.5, 0.6) is 5.75 Å². The number of aryl methyl sites for hydroxylation is 2. The fourth-order valence-corrected chi connectivity index (χ4v) is 7.05. The molecule has 6 heteroatoms. The average Bonchev–Trinajstić information content (AvgIpc) is 2.88. The molecule has 1 aliphatic rings. The zero-order valence-electron chi connectivity index (χ0n) is 12.8. The summed E-state index contributed by atoms with van der Waals surface area (Å²) < 4.78 is 26.1. The van der Waals surface area contributed by atoms with E-state index in [1.54, 1.807) is 13.8 Å². The normalized spacial score (nSPS) is 16.3. The Bertz CT molecular complexity index is 840. The Morgan fingerprint density at radius 2 is 2.14 bits per heavy atom. The van der Waals surface area contributed by atoms with Crippen LogP contribution in [0.15, 0.2) is 15.3 Å². The summed E-state index contributed by atoms with van der Waals surface area (Å²) in [5, 5.41) is 0.619. The topological polar surface area (TPSA) is 56.5 Å². The molecule has 1 aromatic heterocycles. The molecule has 3 rings (SSSR count). The molecule has 22 heavy (non-hydrogen) atoms. The number of hydrogen-bond donors (Lipinski definition) is 0. The van der Waals surface area contributed by atoms with Crippen LogP contribution in [0.25, 0.3) is 11.0 Å². The van der Waals surface area contributed by atoms with Gasteiger partial charge < -0.3 is 0 Å². The molecule has 0 amide bonds. The van der Waals surface area contributed by atoms with Gasteiger partial charge in [0.05, 0.1) is 0 Å². The molecule has 112 valence electrons. The van der Waals surface area contributed by atoms with Gasteiger partial charge in [0.2, 0.25) is 0 Å². The first-order chi connectivity index (χ1) is 10.4. The van der Waals surface area contributed by atoms with Crippen molar-refractivity contribution < 1.29 is 42.9 Å². The van der Waals surface area contributed by atoms with Gasteiger partial charge in [0.1, 0.15) is 0 Å². The second kappa shape index (κ2) is 5.76. The Morgan fingerprint density at radius 3 is 2.82 bits per heavy atom. The fourth-order valence-electron chi connectivity index (χ4n) is 2.96. The number of carbonyl (C=O) groups is 1. The summed E-state index contributed by atoms with van der Waals surface area (Å²) in [4.78, 5) is 22.7. The molecule has 0 spiro atoms. The number of fused-ring (bicyclic) bond motifs is 2. The predicted molar refractivity (Wildman–Crippen MR) is 75.5 cm³/mol. The summed E-state index contributed by atoms with van der Waals surface area (Å²) in [5.74, 6) is -0.112. The Labute approximate surface area is 139 Å². The van der Waals surface area contributed by atoms with Crippen molar-refractivity contribution in [2.24, 2.45) is 0 Å². The second-order valence-corrected chi connectivity index (χ2v) is 13.9. The molecule has 0 aliphatic carbocycles. The van der Waals surface area contributed by atoms with Gasteiger partial charge in [-0.15, -0.1) is 0 Å². The minimum absolute atomic E-state index is 0.0351. The predicted octanol–water partition coefficient (Wildman–Crippen LogP) is 2.90. The zero-order chi connectivity index (χ0) is 16.0. The third-order valence-corrected chi connectivity index (χ3v) is 10.6. The minimum atomic E-state index is -1.52. The van der Waals surface area contributed by atoms with Crippen molar-refractivity contribution in [3.63, 3.8) is 0 Å². The van der Waals surface area contributed by atoms with Crippen LogP contribution in [0.4, 0.5) is 4.39 Å². The molecule has 0 N–H and O–H groups in total. The van der Waals surface area contributed by atoms with E-state index in [0.717, 1.165) is 27.2 Å². The Balaban J connectivity index is 2.07. The molecular weight excluding hydrogens is 476 g/mol. The molecule has 2 aromatic rings. The molecule has 1 aliphatic heterocycles. The van der Waals surface area contributed by atoms with Crippen LogP contribution in [-0.4, -0.2) is 9.40 Å². The van der Waals surface area contributed by atoms with Crippen molar-refractivity contribution in [3.05, 3.63) is 39.0 Å². The number of ether oxygens (including phenoxy) is 1. The molecule has 2 heterocycles. The van der Waals surface area contributed by atoms with Crippen molar-refractivity contribution in [1.29, 1.82) is 0 Å². The van der Waals surface area contributed by atoms with E-state index in [0.29, 0.717) is 19.8 Å². The van der Waals surface area contributed by atoms with E-state index >= 15 is 0 Å². The molecule has 1 unspecified atom stereocenters. The third-order valence-electron chi connectivity index (χ3n) is 4.19. The van der Waals surface area contributed by atoms with E-state index in [1.165, 1.54) is 0 Å². The number of rotatable bonds is 3. The zero-order valence-corrected chi connectivity index (χ0v) is 18.3. The first kappa shape index (κ1) is 15.7. The third kappa shape index (κ3) is 2.60. The standard InChI is InChI=1S/C14H12FO3.C2H3O.Hg/c1-6-4-9-5-10-7(2)11(15)14(16)18-13(10)8(3)12(9)17-6;1-2-3;/h5-6H,1,4H2,2-3H3;1H3;. The number of halogens is 1. The van der Waals surface area contributed by atoms with E-state index in [-0.39, 0.29) is 6.10 Å². The van der Waals surface area contributed by atoms with Gasteiger partial charge in [0.15, 0.2) is 0 Å². The van der Waals surface area contributed by atoms with Gasteiger partial charge in [0, 0.05) is 0 Å². The van der Waals surface area contributed by atoms with Gasteiger partial charge in [-0.25, -0.2) is 0 Å². The molecule has 0 saturated heterocycles. The van der Waals surface area contributed by atoms with Gasteiger partial charge in [-0.1, -0.05) is 0 Å². The Kier molecular flexibility index (Phi) is 4.10.